The molecule has 0 radical (unpaired) electrons. The smallest absolute Gasteiger partial charge is 0.270 e. The molecular formula is C18H14N2O3S2. The lowest BCUT2D eigenvalue weighted by molar-refractivity contribution is -0.113. The molecule has 2 N–H and O–H groups in total. The number of para-hydroxylation sites is 1. The maximum atomic E-state index is 12.8. The number of methoxy groups -OCH3 is 1. The molecule has 1 fully saturated rings. The van der Waals surface area contributed by atoms with E-state index in [2.05, 4.69) is 0 Å². The first-order valence-electron chi connectivity index (χ1n) is 7.32. The van der Waals surface area contributed by atoms with E-state index in [4.69, 9.17) is 22.7 Å². The van der Waals surface area contributed by atoms with Crippen LogP contribution in [-0.4, -0.2) is 23.2 Å². The number of carbonyl (C=O) groups excluding carboxylic acids is 2. The molecule has 0 aliphatic carbocycles. The van der Waals surface area contributed by atoms with Crippen molar-refractivity contribution in [2.24, 2.45) is 5.73 Å². The van der Waals surface area contributed by atoms with E-state index in [0.717, 1.165) is 5.56 Å². The summed E-state index contributed by atoms with van der Waals surface area (Å²) in [5.74, 6) is -0.198. The Bertz CT molecular complexity index is 909. The number of ether oxygens (including phenoxy) is 1. The second kappa shape index (κ2) is 7.08. The highest BCUT2D eigenvalue weighted by Gasteiger charge is 2.35. The summed E-state index contributed by atoms with van der Waals surface area (Å²) < 4.78 is 5.55. The van der Waals surface area contributed by atoms with E-state index in [0.29, 0.717) is 20.7 Å². The highest BCUT2D eigenvalue weighted by molar-refractivity contribution is 8.27. The molecule has 25 heavy (non-hydrogen) atoms. The minimum atomic E-state index is -0.610. The highest BCUT2D eigenvalue weighted by Crippen LogP contribution is 2.37. The fraction of sp³-hybridized carbons (Fsp3) is 0.0556. The fourth-order valence-corrected chi connectivity index (χ4v) is 3.72. The van der Waals surface area contributed by atoms with E-state index in [9.17, 15) is 9.59 Å². The summed E-state index contributed by atoms with van der Waals surface area (Å²) in [6.45, 7) is 0. The molecule has 5 nitrogen and oxygen atoms in total. The quantitative estimate of drug-likeness (QED) is 0.661. The van der Waals surface area contributed by atoms with Crippen LogP contribution < -0.4 is 15.4 Å². The van der Waals surface area contributed by atoms with Crippen molar-refractivity contribution in [2.75, 3.05) is 12.0 Å². The van der Waals surface area contributed by atoms with Gasteiger partial charge in [0, 0.05) is 0 Å². The molecule has 0 atom stereocenters. The van der Waals surface area contributed by atoms with Crippen LogP contribution >= 0.6 is 24.0 Å². The predicted octanol–water partition coefficient (Wildman–Crippen LogP) is 3.20. The molecule has 1 heterocycles. The third-order valence-electron chi connectivity index (χ3n) is 3.60. The van der Waals surface area contributed by atoms with Gasteiger partial charge >= 0.3 is 0 Å². The standard InChI is InChI=1S/C18H14N2O3S2/c1-23-12-6-4-5-11(9-12)10-15-17(22)20(18(24)25-15)14-8-3-2-7-13(14)16(19)21/h2-10H,1H3,(H2,19,21)/b15-10-. The lowest BCUT2D eigenvalue weighted by Crippen LogP contribution is -2.30. The van der Waals surface area contributed by atoms with Gasteiger partial charge in [0.2, 0.25) is 0 Å². The van der Waals surface area contributed by atoms with E-state index in [1.165, 1.54) is 16.7 Å². The number of rotatable bonds is 4. The second-order valence-electron chi connectivity index (χ2n) is 5.18. The molecule has 0 spiro atoms. The van der Waals surface area contributed by atoms with Gasteiger partial charge in [-0.1, -0.05) is 48.2 Å². The van der Waals surface area contributed by atoms with E-state index < -0.39 is 5.91 Å². The minimum Gasteiger partial charge on any atom is -0.497 e. The zero-order chi connectivity index (χ0) is 18.0. The van der Waals surface area contributed by atoms with Gasteiger partial charge in [-0.05, 0) is 35.9 Å². The Hall–Kier alpha value is -2.64. The predicted molar refractivity (Wildman–Crippen MR) is 104 cm³/mol. The van der Waals surface area contributed by atoms with Crippen LogP contribution in [0.1, 0.15) is 15.9 Å². The van der Waals surface area contributed by atoms with Gasteiger partial charge in [0.1, 0.15) is 5.75 Å². The van der Waals surface area contributed by atoms with E-state index in [1.807, 2.05) is 24.3 Å². The lowest BCUT2D eigenvalue weighted by Gasteiger charge is -2.17. The van der Waals surface area contributed by atoms with Crippen LogP contribution in [0.15, 0.2) is 53.4 Å². The first-order valence-corrected chi connectivity index (χ1v) is 8.54. The van der Waals surface area contributed by atoms with Gasteiger partial charge in [0.15, 0.2) is 4.32 Å². The van der Waals surface area contributed by atoms with E-state index in [1.54, 1.807) is 37.5 Å². The number of amides is 2. The Morgan fingerprint density at radius 2 is 2.00 bits per heavy atom. The van der Waals surface area contributed by atoms with Crippen LogP contribution in [0.4, 0.5) is 5.69 Å². The van der Waals surface area contributed by atoms with Crippen LogP contribution in [-0.2, 0) is 4.79 Å². The van der Waals surface area contributed by atoms with Crippen LogP contribution in [0.3, 0.4) is 0 Å². The van der Waals surface area contributed by atoms with Gasteiger partial charge in [-0.25, -0.2) is 0 Å². The third kappa shape index (κ3) is 3.42. The number of thioether (sulfide) groups is 1. The molecule has 0 saturated carbocycles. The topological polar surface area (TPSA) is 72.6 Å². The van der Waals surface area contributed by atoms with Crippen molar-refractivity contribution in [3.05, 3.63) is 64.6 Å². The van der Waals surface area contributed by atoms with Crippen molar-refractivity contribution < 1.29 is 14.3 Å². The second-order valence-corrected chi connectivity index (χ2v) is 6.85. The average molecular weight is 370 g/mol. The van der Waals surface area contributed by atoms with Crippen LogP contribution in [0.25, 0.3) is 6.08 Å². The number of hydrogen-bond donors (Lipinski definition) is 1. The number of nitrogens with two attached hydrogens (primary N) is 1. The van der Waals surface area contributed by atoms with E-state index in [-0.39, 0.29) is 11.5 Å². The van der Waals surface area contributed by atoms with Gasteiger partial charge in [-0.3, -0.25) is 14.5 Å². The molecule has 3 rings (SSSR count). The van der Waals surface area contributed by atoms with Crippen molar-refractivity contribution >= 4 is 51.9 Å². The summed E-state index contributed by atoms with van der Waals surface area (Å²) in [5.41, 5.74) is 6.88. The van der Waals surface area contributed by atoms with Crippen molar-refractivity contribution in [3.8, 4) is 5.75 Å². The molecule has 2 amide bonds. The van der Waals surface area contributed by atoms with Gasteiger partial charge in [-0.2, -0.15) is 0 Å². The molecule has 1 saturated heterocycles. The van der Waals surface area contributed by atoms with Gasteiger partial charge in [0.05, 0.1) is 23.3 Å². The number of hydrogen-bond acceptors (Lipinski definition) is 5. The first kappa shape index (κ1) is 17.2. The third-order valence-corrected chi connectivity index (χ3v) is 4.90. The molecule has 0 aromatic heterocycles. The number of nitrogens with zero attached hydrogens (tertiary/aromatic N) is 1. The molecule has 2 aromatic carbocycles. The highest BCUT2D eigenvalue weighted by atomic mass is 32.2. The molecule has 1 aliphatic rings. The van der Waals surface area contributed by atoms with Crippen molar-refractivity contribution in [1.29, 1.82) is 0 Å². The summed E-state index contributed by atoms with van der Waals surface area (Å²) in [7, 11) is 1.58. The number of carbonyl (C=O) groups is 2. The maximum absolute atomic E-state index is 12.8. The summed E-state index contributed by atoms with van der Waals surface area (Å²) in [4.78, 5) is 26.3. The molecule has 0 unspecified atom stereocenters. The first-order chi connectivity index (χ1) is 12.0. The summed E-state index contributed by atoms with van der Waals surface area (Å²) in [6.07, 6.45) is 1.74. The molecule has 126 valence electrons. The zero-order valence-corrected chi connectivity index (χ0v) is 14.9. The van der Waals surface area contributed by atoms with Gasteiger partial charge < -0.3 is 10.5 Å². The summed E-state index contributed by atoms with van der Waals surface area (Å²) in [6, 6.07) is 14.0. The molecule has 7 heteroatoms. The molecule has 0 bridgehead atoms. The van der Waals surface area contributed by atoms with Crippen molar-refractivity contribution in [1.82, 2.24) is 0 Å². The van der Waals surface area contributed by atoms with Crippen molar-refractivity contribution in [3.63, 3.8) is 0 Å². The Labute approximate surface area is 154 Å². The maximum Gasteiger partial charge on any atom is 0.270 e. The summed E-state index contributed by atoms with van der Waals surface area (Å²) in [5, 5.41) is 0. The molecular weight excluding hydrogens is 356 g/mol. The number of benzene rings is 2. The molecule has 2 aromatic rings. The lowest BCUT2D eigenvalue weighted by atomic mass is 10.1. The monoisotopic (exact) mass is 370 g/mol. The van der Waals surface area contributed by atoms with Crippen LogP contribution in [0, 0.1) is 0 Å². The van der Waals surface area contributed by atoms with Crippen LogP contribution in [0.5, 0.6) is 5.75 Å². The Kier molecular flexibility index (Phi) is 4.87. The number of anilines is 1. The number of thiocarbonyl (C=S) groups is 1. The van der Waals surface area contributed by atoms with Crippen LogP contribution in [0.2, 0.25) is 0 Å². The van der Waals surface area contributed by atoms with E-state index >= 15 is 0 Å². The fourth-order valence-electron chi connectivity index (χ4n) is 2.44. The Morgan fingerprint density at radius 3 is 2.72 bits per heavy atom. The largest absolute Gasteiger partial charge is 0.497 e. The SMILES string of the molecule is COc1cccc(/C=C2\SC(=S)N(c3ccccc3C(N)=O)C2=O)c1. The zero-order valence-electron chi connectivity index (χ0n) is 13.3. The van der Waals surface area contributed by atoms with Crippen molar-refractivity contribution in [2.45, 2.75) is 0 Å². The average Bonchev–Trinajstić information content (AvgIpc) is 2.88. The normalized spacial score (nSPS) is 15.7. The number of primary amides is 1. The van der Waals surface area contributed by atoms with Gasteiger partial charge in [-0.15, -0.1) is 0 Å². The molecule has 1 aliphatic heterocycles. The van der Waals surface area contributed by atoms with Gasteiger partial charge in [0.25, 0.3) is 11.8 Å². The minimum absolute atomic E-state index is 0.251. The Balaban J connectivity index is 1.98. The Morgan fingerprint density at radius 1 is 1.24 bits per heavy atom. The summed E-state index contributed by atoms with van der Waals surface area (Å²) >= 11 is 6.52.